The lowest BCUT2D eigenvalue weighted by Gasteiger charge is -2.20. The maximum absolute atomic E-state index is 10.7. The lowest BCUT2D eigenvalue weighted by molar-refractivity contribution is -0.107. The molecule has 32 heavy (non-hydrogen) atoms. The average molecular weight is 441 g/mol. The van der Waals surface area contributed by atoms with Crippen LogP contribution >= 0.6 is 0 Å². The molecule has 0 spiro atoms. The van der Waals surface area contributed by atoms with Gasteiger partial charge in [-0.2, -0.15) is 0 Å². The summed E-state index contributed by atoms with van der Waals surface area (Å²) < 4.78 is 13.6. The van der Waals surface area contributed by atoms with Crippen LogP contribution in [0.2, 0.25) is 0 Å². The Morgan fingerprint density at radius 2 is 2.00 bits per heavy atom. The average Bonchev–Trinajstić information content (AvgIpc) is 3.15. The highest BCUT2D eigenvalue weighted by Gasteiger charge is 2.17. The lowest BCUT2D eigenvalue weighted by atomic mass is 10.1. The molecular weight excluding hydrogens is 404 g/mol. The van der Waals surface area contributed by atoms with Crippen molar-refractivity contribution >= 4 is 33.9 Å². The minimum absolute atomic E-state index is 0.441. The third-order valence-electron chi connectivity index (χ3n) is 5.78. The van der Waals surface area contributed by atoms with Gasteiger partial charge >= 0.3 is 0 Å². The molecule has 174 valence electrons. The SMILES string of the molecule is CCOCCC(C)Cn1c(COCC)nc2cnc3ccc(N(C)CCCC=O)cc3c21. The number of pyridine rings is 1. The van der Waals surface area contributed by atoms with Gasteiger partial charge in [-0.1, -0.05) is 6.92 Å². The molecule has 3 aromatic rings. The fraction of sp³-hybridized carbons (Fsp3) is 0.560. The fourth-order valence-electron chi connectivity index (χ4n) is 3.96. The number of carbonyl (C=O) groups is 1. The zero-order chi connectivity index (χ0) is 22.9. The number of imidazole rings is 1. The summed E-state index contributed by atoms with van der Waals surface area (Å²) in [6.07, 6.45) is 5.26. The minimum Gasteiger partial charge on any atom is -0.382 e. The quantitative estimate of drug-likeness (QED) is 0.270. The summed E-state index contributed by atoms with van der Waals surface area (Å²) >= 11 is 0. The molecule has 7 nitrogen and oxygen atoms in total. The zero-order valence-electron chi connectivity index (χ0n) is 19.8. The van der Waals surface area contributed by atoms with Gasteiger partial charge in [-0.3, -0.25) is 4.98 Å². The summed E-state index contributed by atoms with van der Waals surface area (Å²) in [4.78, 5) is 22.4. The number of ether oxygens (including phenoxy) is 2. The molecule has 0 bridgehead atoms. The molecule has 0 saturated heterocycles. The van der Waals surface area contributed by atoms with Gasteiger partial charge in [0, 0.05) is 57.5 Å². The maximum atomic E-state index is 10.7. The molecule has 0 fully saturated rings. The van der Waals surface area contributed by atoms with Crippen LogP contribution in [-0.4, -0.2) is 54.2 Å². The highest BCUT2D eigenvalue weighted by Crippen LogP contribution is 2.29. The Morgan fingerprint density at radius 1 is 1.19 bits per heavy atom. The van der Waals surface area contributed by atoms with Gasteiger partial charge in [0.15, 0.2) is 0 Å². The molecule has 3 rings (SSSR count). The number of hydrogen-bond acceptors (Lipinski definition) is 6. The van der Waals surface area contributed by atoms with Gasteiger partial charge in [-0.25, -0.2) is 4.98 Å². The number of nitrogens with zero attached hydrogens (tertiary/aromatic N) is 4. The molecule has 0 radical (unpaired) electrons. The van der Waals surface area contributed by atoms with Gasteiger partial charge in [-0.15, -0.1) is 0 Å². The molecule has 0 N–H and O–H groups in total. The minimum atomic E-state index is 0.441. The maximum Gasteiger partial charge on any atom is 0.136 e. The van der Waals surface area contributed by atoms with E-state index in [4.69, 9.17) is 14.5 Å². The van der Waals surface area contributed by atoms with E-state index in [2.05, 4.69) is 46.6 Å². The van der Waals surface area contributed by atoms with Crippen LogP contribution in [0.15, 0.2) is 24.4 Å². The molecule has 0 saturated carbocycles. The Bertz CT molecular complexity index is 1020. The van der Waals surface area contributed by atoms with Gasteiger partial charge in [0.1, 0.15) is 24.2 Å². The Hall–Kier alpha value is -2.51. The fourth-order valence-corrected chi connectivity index (χ4v) is 3.96. The number of aromatic nitrogens is 3. The van der Waals surface area contributed by atoms with Gasteiger partial charge in [-0.05, 0) is 50.8 Å². The number of rotatable bonds is 14. The molecule has 1 aromatic carbocycles. The Balaban J connectivity index is 2.02. The normalized spacial score (nSPS) is 12.5. The zero-order valence-corrected chi connectivity index (χ0v) is 19.8. The van der Waals surface area contributed by atoms with Crippen LogP contribution in [0.4, 0.5) is 5.69 Å². The summed E-state index contributed by atoms with van der Waals surface area (Å²) in [7, 11) is 2.06. The summed E-state index contributed by atoms with van der Waals surface area (Å²) in [5.74, 6) is 1.38. The Labute approximate surface area is 190 Å². The number of hydrogen-bond donors (Lipinski definition) is 0. The van der Waals surface area contributed by atoms with E-state index in [0.29, 0.717) is 25.6 Å². The van der Waals surface area contributed by atoms with Crippen LogP contribution in [-0.2, 0) is 27.4 Å². The first-order valence-corrected chi connectivity index (χ1v) is 11.7. The van der Waals surface area contributed by atoms with E-state index >= 15 is 0 Å². The number of anilines is 1. The van der Waals surface area contributed by atoms with E-state index in [0.717, 1.165) is 78.9 Å². The number of aldehydes is 1. The van der Waals surface area contributed by atoms with Crippen molar-refractivity contribution in [2.24, 2.45) is 5.92 Å². The summed E-state index contributed by atoms with van der Waals surface area (Å²) in [5, 5.41) is 1.09. The summed E-state index contributed by atoms with van der Waals surface area (Å²) in [6.45, 7) is 10.6. The van der Waals surface area contributed by atoms with Crippen molar-refractivity contribution in [2.45, 2.75) is 53.2 Å². The van der Waals surface area contributed by atoms with Crippen LogP contribution in [0, 0.1) is 5.92 Å². The van der Waals surface area contributed by atoms with E-state index < -0.39 is 0 Å². The van der Waals surface area contributed by atoms with Gasteiger partial charge in [0.25, 0.3) is 0 Å². The highest BCUT2D eigenvalue weighted by molar-refractivity contribution is 6.03. The van der Waals surface area contributed by atoms with Crippen molar-refractivity contribution in [3.63, 3.8) is 0 Å². The standard InChI is InChI=1S/C25H36N4O3/c1-5-31-14-11-19(3)17-29-24(18-32-6-2)27-23-16-26-22-10-9-20(15-21(22)25(23)29)28(4)12-7-8-13-30/h9-10,13,15-16,19H,5-8,11-12,14,17-18H2,1-4H3. The number of unbranched alkanes of at least 4 members (excludes halogenated alkanes) is 1. The van der Waals surface area contributed by atoms with Crippen molar-refractivity contribution < 1.29 is 14.3 Å². The van der Waals surface area contributed by atoms with Crippen LogP contribution in [0.5, 0.6) is 0 Å². The van der Waals surface area contributed by atoms with Gasteiger partial charge < -0.3 is 23.7 Å². The predicted octanol–water partition coefficient (Wildman–Crippen LogP) is 4.60. The smallest absolute Gasteiger partial charge is 0.136 e. The van der Waals surface area contributed by atoms with Gasteiger partial charge in [0.05, 0.1) is 17.2 Å². The molecule has 0 aliphatic carbocycles. The second-order valence-corrected chi connectivity index (χ2v) is 8.29. The monoisotopic (exact) mass is 440 g/mol. The molecule has 1 atom stereocenters. The van der Waals surface area contributed by atoms with E-state index in [1.807, 2.05) is 20.0 Å². The molecule has 2 aromatic heterocycles. The third kappa shape index (κ3) is 5.84. The number of fused-ring (bicyclic) bond motifs is 3. The largest absolute Gasteiger partial charge is 0.382 e. The molecule has 0 aliphatic heterocycles. The van der Waals surface area contributed by atoms with Crippen molar-refractivity contribution in [3.05, 3.63) is 30.2 Å². The van der Waals surface area contributed by atoms with Crippen LogP contribution < -0.4 is 4.90 Å². The number of carbonyl (C=O) groups excluding carboxylic acids is 1. The molecule has 0 aliphatic rings. The topological polar surface area (TPSA) is 69.5 Å². The first-order chi connectivity index (χ1) is 15.6. The van der Waals surface area contributed by atoms with E-state index in [1.165, 1.54) is 0 Å². The predicted molar refractivity (Wildman–Crippen MR) is 129 cm³/mol. The third-order valence-corrected chi connectivity index (χ3v) is 5.78. The van der Waals surface area contributed by atoms with Crippen LogP contribution in [0.25, 0.3) is 21.9 Å². The van der Waals surface area contributed by atoms with E-state index in [-0.39, 0.29) is 0 Å². The number of benzene rings is 1. The van der Waals surface area contributed by atoms with Crippen LogP contribution in [0.1, 0.15) is 45.9 Å². The molecule has 1 unspecified atom stereocenters. The molecule has 0 amide bonds. The van der Waals surface area contributed by atoms with E-state index in [1.54, 1.807) is 0 Å². The molecular formula is C25H36N4O3. The molecule has 7 heteroatoms. The van der Waals surface area contributed by atoms with Crippen molar-refractivity contribution in [1.82, 2.24) is 14.5 Å². The Kier molecular flexibility index (Phi) is 9.00. The van der Waals surface area contributed by atoms with Crippen molar-refractivity contribution in [2.75, 3.05) is 38.3 Å². The lowest BCUT2D eigenvalue weighted by Crippen LogP contribution is -2.18. The van der Waals surface area contributed by atoms with Gasteiger partial charge in [0.2, 0.25) is 0 Å². The summed E-state index contributed by atoms with van der Waals surface area (Å²) in [5.41, 5.74) is 4.07. The highest BCUT2D eigenvalue weighted by atomic mass is 16.5. The summed E-state index contributed by atoms with van der Waals surface area (Å²) in [6, 6.07) is 6.35. The first-order valence-electron chi connectivity index (χ1n) is 11.7. The van der Waals surface area contributed by atoms with Crippen LogP contribution in [0.3, 0.4) is 0 Å². The second kappa shape index (κ2) is 11.9. The van der Waals surface area contributed by atoms with Crippen molar-refractivity contribution in [3.8, 4) is 0 Å². The first kappa shape index (κ1) is 24.1. The van der Waals surface area contributed by atoms with Crippen molar-refractivity contribution in [1.29, 1.82) is 0 Å². The van der Waals surface area contributed by atoms with E-state index in [9.17, 15) is 4.79 Å². The Morgan fingerprint density at radius 3 is 2.75 bits per heavy atom. The molecule has 2 heterocycles. The second-order valence-electron chi connectivity index (χ2n) is 8.29.